The third kappa shape index (κ3) is 4.41. The number of hydrogen-bond donors (Lipinski definition) is 2. The van der Waals surface area contributed by atoms with Gasteiger partial charge in [0, 0.05) is 13.0 Å². The van der Waals surface area contributed by atoms with Crippen LogP contribution in [0.15, 0.2) is 66.7 Å². The predicted molar refractivity (Wildman–Crippen MR) is 96.5 cm³/mol. The number of nitrogens with one attached hydrogen (secondary N) is 1. The quantitative estimate of drug-likeness (QED) is 0.678. The summed E-state index contributed by atoms with van der Waals surface area (Å²) in [7, 11) is 0. The molecule has 2 nitrogen and oxygen atoms in total. The molecule has 3 aromatic rings. The van der Waals surface area contributed by atoms with E-state index in [1.165, 1.54) is 21.9 Å². The minimum absolute atomic E-state index is 0.503. The van der Waals surface area contributed by atoms with Crippen molar-refractivity contribution in [1.29, 1.82) is 0 Å². The van der Waals surface area contributed by atoms with E-state index in [9.17, 15) is 5.11 Å². The van der Waals surface area contributed by atoms with E-state index in [0.717, 1.165) is 18.5 Å². The maximum Gasteiger partial charge on any atom is 0.108 e. The zero-order chi connectivity index (χ0) is 16.1. The summed E-state index contributed by atoms with van der Waals surface area (Å²) in [6, 6.07) is 23.2. The molecular weight excluding hydrogens is 282 g/mol. The maximum atomic E-state index is 10.1. The first-order valence-electron chi connectivity index (χ1n) is 8.15. The largest absolute Gasteiger partial charge is 0.378 e. The third-order valence-corrected chi connectivity index (χ3v) is 4.12. The summed E-state index contributed by atoms with van der Waals surface area (Å²) in [5, 5.41) is 15.9. The fourth-order valence-electron chi connectivity index (χ4n) is 2.91. The second kappa shape index (κ2) is 7.40. The molecule has 0 saturated carbocycles. The van der Waals surface area contributed by atoms with E-state index in [1.54, 1.807) is 0 Å². The van der Waals surface area contributed by atoms with Crippen molar-refractivity contribution >= 4 is 10.8 Å². The molecule has 0 bridgehead atoms. The molecule has 0 aliphatic carbocycles. The summed E-state index contributed by atoms with van der Waals surface area (Å²) in [6.45, 7) is 2.84. The van der Waals surface area contributed by atoms with E-state index in [2.05, 4.69) is 72.9 Å². The Morgan fingerprint density at radius 3 is 2.52 bits per heavy atom. The van der Waals surface area contributed by atoms with Gasteiger partial charge in [0.15, 0.2) is 0 Å². The van der Waals surface area contributed by atoms with Gasteiger partial charge in [0.25, 0.3) is 0 Å². The van der Waals surface area contributed by atoms with Crippen LogP contribution in [0.4, 0.5) is 0 Å². The molecule has 3 rings (SSSR count). The van der Waals surface area contributed by atoms with Crippen LogP contribution in [0.1, 0.15) is 16.7 Å². The molecule has 0 aliphatic heterocycles. The van der Waals surface area contributed by atoms with E-state index in [4.69, 9.17) is 0 Å². The number of hydrogen-bond acceptors (Lipinski definition) is 2. The average molecular weight is 305 g/mol. The SMILES string of the molecule is Cc1cccc(CC(O)NCCc2ccc3ccccc3c2)c1. The summed E-state index contributed by atoms with van der Waals surface area (Å²) < 4.78 is 0. The van der Waals surface area contributed by atoms with Gasteiger partial charge < -0.3 is 5.11 Å². The first kappa shape index (κ1) is 15.7. The standard InChI is InChI=1S/C21H23NO/c1-16-5-4-6-18(13-16)15-21(23)22-12-11-17-9-10-19-7-2-3-8-20(19)14-17/h2-10,13-14,21-23H,11-12,15H2,1H3. The number of aryl methyl sites for hydroxylation is 1. The fraction of sp³-hybridized carbons (Fsp3) is 0.238. The summed E-state index contributed by atoms with van der Waals surface area (Å²) in [6.07, 6.45) is 1.05. The number of aliphatic hydroxyl groups is 1. The molecule has 1 unspecified atom stereocenters. The van der Waals surface area contributed by atoms with E-state index in [-0.39, 0.29) is 0 Å². The lowest BCUT2D eigenvalue weighted by Crippen LogP contribution is -2.32. The molecule has 2 heteroatoms. The van der Waals surface area contributed by atoms with Crippen LogP contribution < -0.4 is 5.32 Å². The Balaban J connectivity index is 1.51. The Kier molecular flexibility index (Phi) is 5.06. The molecule has 0 amide bonds. The Labute approximate surface area is 137 Å². The molecule has 0 fully saturated rings. The molecule has 0 saturated heterocycles. The van der Waals surface area contributed by atoms with Crippen molar-refractivity contribution < 1.29 is 5.11 Å². The third-order valence-electron chi connectivity index (χ3n) is 4.12. The van der Waals surface area contributed by atoms with Gasteiger partial charge in [0.1, 0.15) is 6.23 Å². The van der Waals surface area contributed by atoms with Crippen LogP contribution in [0.5, 0.6) is 0 Å². The second-order valence-electron chi connectivity index (χ2n) is 6.09. The fourth-order valence-corrected chi connectivity index (χ4v) is 2.91. The minimum Gasteiger partial charge on any atom is -0.378 e. The average Bonchev–Trinajstić information content (AvgIpc) is 2.55. The van der Waals surface area contributed by atoms with Crippen LogP contribution >= 0.6 is 0 Å². The number of rotatable bonds is 6. The van der Waals surface area contributed by atoms with Crippen LogP contribution in [0.25, 0.3) is 10.8 Å². The van der Waals surface area contributed by atoms with Gasteiger partial charge >= 0.3 is 0 Å². The Morgan fingerprint density at radius 1 is 0.870 bits per heavy atom. The maximum absolute atomic E-state index is 10.1. The Morgan fingerprint density at radius 2 is 1.70 bits per heavy atom. The lowest BCUT2D eigenvalue weighted by Gasteiger charge is -2.13. The topological polar surface area (TPSA) is 32.3 Å². The molecule has 0 aromatic heterocycles. The van der Waals surface area contributed by atoms with Crippen LogP contribution in [-0.2, 0) is 12.8 Å². The summed E-state index contributed by atoms with van der Waals surface area (Å²) in [5.74, 6) is 0. The first-order chi connectivity index (χ1) is 11.2. The van der Waals surface area contributed by atoms with Gasteiger partial charge in [-0.25, -0.2) is 0 Å². The zero-order valence-electron chi connectivity index (χ0n) is 13.5. The van der Waals surface area contributed by atoms with Crippen molar-refractivity contribution in [3.8, 4) is 0 Å². The molecular formula is C21H23NO. The monoisotopic (exact) mass is 305 g/mol. The lowest BCUT2D eigenvalue weighted by molar-refractivity contribution is 0.138. The van der Waals surface area contributed by atoms with Gasteiger partial charge in [-0.2, -0.15) is 0 Å². The van der Waals surface area contributed by atoms with Gasteiger partial charge in [-0.3, -0.25) is 5.32 Å². The molecule has 23 heavy (non-hydrogen) atoms. The molecule has 0 heterocycles. The van der Waals surface area contributed by atoms with E-state index in [1.807, 2.05) is 6.07 Å². The van der Waals surface area contributed by atoms with E-state index < -0.39 is 6.23 Å². The van der Waals surface area contributed by atoms with Crippen LogP contribution in [0.3, 0.4) is 0 Å². The highest BCUT2D eigenvalue weighted by Crippen LogP contribution is 2.15. The highest BCUT2D eigenvalue weighted by atomic mass is 16.3. The van der Waals surface area contributed by atoms with Gasteiger partial charge in [-0.1, -0.05) is 72.3 Å². The smallest absolute Gasteiger partial charge is 0.108 e. The van der Waals surface area contributed by atoms with Crippen LogP contribution in [0.2, 0.25) is 0 Å². The Bertz CT molecular complexity index is 781. The van der Waals surface area contributed by atoms with Gasteiger partial charge in [-0.05, 0) is 35.2 Å². The van der Waals surface area contributed by atoms with Crippen molar-refractivity contribution in [1.82, 2.24) is 5.32 Å². The first-order valence-corrected chi connectivity index (χ1v) is 8.15. The molecule has 0 radical (unpaired) electrons. The number of fused-ring (bicyclic) bond motifs is 1. The van der Waals surface area contributed by atoms with Crippen LogP contribution in [-0.4, -0.2) is 17.9 Å². The summed E-state index contributed by atoms with van der Waals surface area (Å²) in [4.78, 5) is 0. The van der Waals surface area contributed by atoms with Crippen molar-refractivity contribution in [2.45, 2.75) is 26.0 Å². The van der Waals surface area contributed by atoms with Crippen molar-refractivity contribution in [2.24, 2.45) is 0 Å². The second-order valence-corrected chi connectivity index (χ2v) is 6.09. The lowest BCUT2D eigenvalue weighted by atomic mass is 10.0. The molecule has 0 aliphatic rings. The zero-order valence-corrected chi connectivity index (χ0v) is 13.5. The molecule has 0 spiro atoms. The van der Waals surface area contributed by atoms with E-state index >= 15 is 0 Å². The molecule has 1 atom stereocenters. The molecule has 118 valence electrons. The van der Waals surface area contributed by atoms with E-state index in [0.29, 0.717) is 6.42 Å². The number of benzene rings is 3. The van der Waals surface area contributed by atoms with Gasteiger partial charge in [0.2, 0.25) is 0 Å². The van der Waals surface area contributed by atoms with Gasteiger partial charge in [-0.15, -0.1) is 0 Å². The van der Waals surface area contributed by atoms with Crippen molar-refractivity contribution in [3.63, 3.8) is 0 Å². The van der Waals surface area contributed by atoms with Crippen molar-refractivity contribution in [2.75, 3.05) is 6.54 Å². The molecule has 3 aromatic carbocycles. The summed E-state index contributed by atoms with van der Waals surface area (Å²) >= 11 is 0. The van der Waals surface area contributed by atoms with Crippen molar-refractivity contribution in [3.05, 3.63) is 83.4 Å². The minimum atomic E-state index is -0.503. The molecule has 2 N–H and O–H groups in total. The van der Waals surface area contributed by atoms with Gasteiger partial charge in [0.05, 0.1) is 0 Å². The normalized spacial score (nSPS) is 12.4. The Hall–Kier alpha value is -2.16. The van der Waals surface area contributed by atoms with Crippen LogP contribution in [0, 0.1) is 6.92 Å². The highest BCUT2D eigenvalue weighted by molar-refractivity contribution is 5.82. The highest BCUT2D eigenvalue weighted by Gasteiger charge is 2.05. The number of aliphatic hydroxyl groups excluding tert-OH is 1. The predicted octanol–water partition coefficient (Wildman–Crippen LogP) is 3.84. The summed E-state index contributed by atoms with van der Waals surface area (Å²) in [5.41, 5.74) is 3.68.